The maximum atomic E-state index is 12.2. The van der Waals surface area contributed by atoms with Crippen LogP contribution in [0.3, 0.4) is 0 Å². The van der Waals surface area contributed by atoms with Crippen LogP contribution in [0.1, 0.15) is 5.56 Å². The molecule has 1 heterocycles. The zero-order chi connectivity index (χ0) is 17.7. The van der Waals surface area contributed by atoms with Crippen molar-refractivity contribution in [2.75, 3.05) is 18.9 Å². The number of benzene rings is 1. The fraction of sp³-hybridized carbons (Fsp3) is 0.235. The van der Waals surface area contributed by atoms with Crippen LogP contribution in [0.25, 0.3) is 0 Å². The number of aromatic nitrogens is 1. The Bertz CT molecular complexity index is 799. The van der Waals surface area contributed by atoms with E-state index >= 15 is 0 Å². The molecule has 0 saturated carbocycles. The van der Waals surface area contributed by atoms with E-state index in [1.54, 1.807) is 24.4 Å². The number of hydrogen-bond donors (Lipinski definition) is 1. The molecule has 7 heteroatoms. The Kier molecular flexibility index (Phi) is 5.92. The van der Waals surface area contributed by atoms with Crippen LogP contribution < -0.4 is 10.9 Å². The summed E-state index contributed by atoms with van der Waals surface area (Å²) >= 11 is 3.26. The van der Waals surface area contributed by atoms with Crippen molar-refractivity contribution >= 4 is 33.4 Å². The summed E-state index contributed by atoms with van der Waals surface area (Å²) in [7, 11) is 1.53. The van der Waals surface area contributed by atoms with E-state index in [0.717, 1.165) is 5.56 Å². The van der Waals surface area contributed by atoms with Crippen molar-refractivity contribution in [3.05, 3.63) is 63.0 Å². The van der Waals surface area contributed by atoms with E-state index in [2.05, 4.69) is 21.2 Å². The monoisotopic (exact) mass is 391 g/mol. The van der Waals surface area contributed by atoms with Gasteiger partial charge in [0.1, 0.15) is 6.54 Å². The number of halogens is 1. The van der Waals surface area contributed by atoms with Crippen LogP contribution in [-0.2, 0) is 16.1 Å². The molecule has 0 unspecified atom stereocenters. The smallest absolute Gasteiger partial charge is 0.251 e. The summed E-state index contributed by atoms with van der Waals surface area (Å²) in [5, 5.41) is 2.73. The summed E-state index contributed by atoms with van der Waals surface area (Å²) in [5.74, 6) is -0.620. The van der Waals surface area contributed by atoms with Gasteiger partial charge in [-0.05, 0) is 41.1 Å². The second-order valence-electron chi connectivity index (χ2n) is 5.48. The quantitative estimate of drug-likeness (QED) is 0.847. The molecular formula is C17H18BrN3O3. The van der Waals surface area contributed by atoms with E-state index in [1.165, 1.54) is 22.6 Å². The molecule has 0 radical (unpaired) electrons. The molecule has 2 amide bonds. The van der Waals surface area contributed by atoms with Crippen molar-refractivity contribution < 1.29 is 9.59 Å². The average molecular weight is 392 g/mol. The number of anilines is 1. The van der Waals surface area contributed by atoms with Gasteiger partial charge in [0.25, 0.3) is 5.56 Å². The zero-order valence-electron chi connectivity index (χ0n) is 13.5. The number of nitrogens with zero attached hydrogens (tertiary/aromatic N) is 2. The van der Waals surface area contributed by atoms with E-state index in [0.29, 0.717) is 10.2 Å². The van der Waals surface area contributed by atoms with Gasteiger partial charge in [0.05, 0.1) is 6.54 Å². The van der Waals surface area contributed by atoms with Crippen LogP contribution in [0.5, 0.6) is 0 Å². The number of amides is 2. The molecule has 0 aliphatic rings. The molecular weight excluding hydrogens is 374 g/mol. The molecule has 1 aromatic carbocycles. The summed E-state index contributed by atoms with van der Waals surface area (Å²) in [6, 6.07) is 10.4. The summed E-state index contributed by atoms with van der Waals surface area (Å²) in [4.78, 5) is 37.2. The second-order valence-corrected chi connectivity index (χ2v) is 6.39. The molecule has 0 saturated heterocycles. The van der Waals surface area contributed by atoms with Crippen molar-refractivity contribution in [2.24, 2.45) is 0 Å². The number of pyridine rings is 1. The van der Waals surface area contributed by atoms with E-state index in [9.17, 15) is 14.4 Å². The molecule has 0 aliphatic heterocycles. The lowest BCUT2D eigenvalue weighted by Gasteiger charge is -2.17. The van der Waals surface area contributed by atoms with Gasteiger partial charge >= 0.3 is 0 Å². The highest BCUT2D eigenvalue weighted by Crippen LogP contribution is 2.08. The molecule has 1 aromatic heterocycles. The van der Waals surface area contributed by atoms with Crippen molar-refractivity contribution in [3.8, 4) is 0 Å². The first kappa shape index (κ1) is 17.9. The minimum Gasteiger partial charge on any atom is -0.335 e. The van der Waals surface area contributed by atoms with Crippen molar-refractivity contribution in [3.63, 3.8) is 0 Å². The third-order valence-electron chi connectivity index (χ3n) is 3.39. The lowest BCUT2D eigenvalue weighted by Crippen LogP contribution is -2.38. The van der Waals surface area contributed by atoms with Crippen LogP contribution in [0.4, 0.5) is 5.69 Å². The lowest BCUT2D eigenvalue weighted by molar-refractivity contribution is -0.133. The predicted octanol–water partition coefficient (Wildman–Crippen LogP) is 2.02. The number of hydrogen-bond acceptors (Lipinski definition) is 3. The highest BCUT2D eigenvalue weighted by molar-refractivity contribution is 9.10. The number of carbonyl (C=O) groups excluding carboxylic acids is 2. The van der Waals surface area contributed by atoms with Crippen molar-refractivity contribution in [1.82, 2.24) is 9.47 Å². The Hall–Kier alpha value is -2.41. The number of nitrogens with one attached hydrogen (secondary N) is 1. The summed E-state index contributed by atoms with van der Waals surface area (Å²) < 4.78 is 2.00. The van der Waals surface area contributed by atoms with Gasteiger partial charge in [0.15, 0.2) is 0 Å². The number of carbonyl (C=O) groups is 2. The molecule has 0 spiro atoms. The average Bonchev–Trinajstić information content (AvgIpc) is 2.53. The topological polar surface area (TPSA) is 71.4 Å². The van der Waals surface area contributed by atoms with E-state index in [4.69, 9.17) is 0 Å². The first-order chi connectivity index (χ1) is 11.3. The Morgan fingerprint density at radius 3 is 2.50 bits per heavy atom. The van der Waals surface area contributed by atoms with Crippen LogP contribution >= 0.6 is 15.9 Å². The van der Waals surface area contributed by atoms with Crippen LogP contribution in [-0.4, -0.2) is 34.9 Å². The molecule has 0 bridgehead atoms. The summed E-state index contributed by atoms with van der Waals surface area (Å²) in [5.41, 5.74) is 1.50. The van der Waals surface area contributed by atoms with Gasteiger partial charge in [-0.25, -0.2) is 0 Å². The van der Waals surface area contributed by atoms with Gasteiger partial charge in [0, 0.05) is 29.5 Å². The largest absolute Gasteiger partial charge is 0.335 e. The Morgan fingerprint density at radius 2 is 1.83 bits per heavy atom. The zero-order valence-corrected chi connectivity index (χ0v) is 15.0. The van der Waals surface area contributed by atoms with E-state index in [1.807, 2.05) is 19.1 Å². The highest BCUT2D eigenvalue weighted by Gasteiger charge is 2.14. The summed E-state index contributed by atoms with van der Waals surface area (Å²) in [6.07, 6.45) is 1.54. The number of aryl methyl sites for hydroxylation is 1. The molecule has 24 heavy (non-hydrogen) atoms. The molecule has 0 atom stereocenters. The molecule has 1 N–H and O–H groups in total. The van der Waals surface area contributed by atoms with E-state index < -0.39 is 0 Å². The predicted molar refractivity (Wildman–Crippen MR) is 95.8 cm³/mol. The normalized spacial score (nSPS) is 10.3. The lowest BCUT2D eigenvalue weighted by atomic mass is 10.2. The van der Waals surface area contributed by atoms with Gasteiger partial charge < -0.3 is 14.8 Å². The maximum Gasteiger partial charge on any atom is 0.251 e. The fourth-order valence-electron chi connectivity index (χ4n) is 2.03. The Labute approximate surface area is 148 Å². The molecule has 2 rings (SSSR count). The van der Waals surface area contributed by atoms with Crippen LogP contribution in [0.2, 0.25) is 0 Å². The van der Waals surface area contributed by atoms with Gasteiger partial charge in [-0.1, -0.05) is 17.7 Å². The number of rotatable bonds is 5. The fourth-order valence-corrected chi connectivity index (χ4v) is 2.41. The Morgan fingerprint density at radius 1 is 1.17 bits per heavy atom. The van der Waals surface area contributed by atoms with E-state index in [-0.39, 0.29) is 30.5 Å². The third-order valence-corrected chi connectivity index (χ3v) is 3.86. The Balaban J connectivity index is 1.93. The van der Waals surface area contributed by atoms with Gasteiger partial charge in [-0.3, -0.25) is 14.4 Å². The van der Waals surface area contributed by atoms with Crippen molar-refractivity contribution in [2.45, 2.75) is 13.5 Å². The van der Waals surface area contributed by atoms with Crippen LogP contribution in [0, 0.1) is 6.92 Å². The minimum atomic E-state index is -0.325. The summed E-state index contributed by atoms with van der Waals surface area (Å²) in [6.45, 7) is 1.75. The molecule has 126 valence electrons. The molecule has 6 nitrogen and oxygen atoms in total. The maximum absolute atomic E-state index is 12.2. The highest BCUT2D eigenvalue weighted by atomic mass is 79.9. The van der Waals surface area contributed by atoms with Gasteiger partial charge in [-0.15, -0.1) is 0 Å². The SMILES string of the molecule is Cc1ccc(NC(=O)CN(C)C(=O)Cn2cc(Br)ccc2=O)cc1. The third kappa shape index (κ3) is 5.06. The second kappa shape index (κ2) is 7.92. The standard InChI is InChI=1S/C17H18BrN3O3/c1-12-3-6-14(7-4-12)19-15(22)10-20(2)17(24)11-21-9-13(18)5-8-16(21)23/h3-9H,10-11H2,1-2H3,(H,19,22). The van der Waals surface area contributed by atoms with Gasteiger partial charge in [-0.2, -0.15) is 0 Å². The first-order valence-corrected chi connectivity index (χ1v) is 8.11. The minimum absolute atomic E-state index is 0.0878. The molecule has 0 fully saturated rings. The molecule has 0 aliphatic carbocycles. The van der Waals surface area contributed by atoms with Crippen molar-refractivity contribution in [1.29, 1.82) is 0 Å². The number of likely N-dealkylation sites (N-methyl/N-ethyl adjacent to an activating group) is 1. The van der Waals surface area contributed by atoms with Gasteiger partial charge in [0.2, 0.25) is 11.8 Å². The van der Waals surface area contributed by atoms with Crippen LogP contribution in [0.15, 0.2) is 51.9 Å². The first-order valence-electron chi connectivity index (χ1n) is 7.31. The molecule has 2 aromatic rings.